The van der Waals surface area contributed by atoms with E-state index in [2.05, 4.69) is 20.3 Å². The first-order chi connectivity index (χ1) is 16.4. The van der Waals surface area contributed by atoms with Gasteiger partial charge in [-0.05, 0) is 32.3 Å². The lowest BCUT2D eigenvalue weighted by atomic mass is 9.93. The molecular weight excluding hydrogens is 438 g/mol. The lowest BCUT2D eigenvalue weighted by Crippen LogP contribution is -2.50. The number of carbonyl (C=O) groups excluding carboxylic acids is 1. The number of aromatic nitrogens is 4. The predicted molar refractivity (Wildman–Crippen MR) is 126 cm³/mol. The van der Waals surface area contributed by atoms with Crippen molar-refractivity contribution in [1.29, 1.82) is 0 Å². The van der Waals surface area contributed by atoms with Gasteiger partial charge in [0.25, 0.3) is 0 Å². The SMILES string of the molecule is CC(=O)C1=C(C)c2cnc(Nc3nc4oc(N5CC(O)C5)cc4[nH]3)nc2N(C2CCCC2)C1O. The molecule has 6 rings (SSSR count). The number of rotatable bonds is 5. The standard InChI is InChI=1S/C23H27N7O4/c1-11-15-8-24-22(26-19(15)30(13-5-3-4-6-13)21(33)18(11)12(2)31)28-23-25-16-7-17(34-20(16)27-23)29-9-14(32)10-29/h7-8,13-14,21,32-33H,3-6,9-10H2,1-2H3,(H2,24,25,26,27,28). The van der Waals surface area contributed by atoms with Crippen LogP contribution in [0.15, 0.2) is 22.3 Å². The molecule has 0 aromatic carbocycles. The summed E-state index contributed by atoms with van der Waals surface area (Å²) in [6, 6.07) is 1.96. The van der Waals surface area contributed by atoms with Gasteiger partial charge in [-0.15, -0.1) is 0 Å². The van der Waals surface area contributed by atoms with Crippen LogP contribution in [0.5, 0.6) is 0 Å². The average molecular weight is 466 g/mol. The van der Waals surface area contributed by atoms with E-state index in [4.69, 9.17) is 9.40 Å². The molecule has 0 bridgehead atoms. The smallest absolute Gasteiger partial charge is 0.248 e. The molecule has 2 aliphatic heterocycles. The number of ketones is 1. The molecule has 5 heterocycles. The number of nitrogens with zero attached hydrogens (tertiary/aromatic N) is 5. The molecule has 34 heavy (non-hydrogen) atoms. The molecular formula is C23H27N7O4. The monoisotopic (exact) mass is 465 g/mol. The molecule has 1 unspecified atom stereocenters. The first-order valence-corrected chi connectivity index (χ1v) is 11.6. The summed E-state index contributed by atoms with van der Waals surface area (Å²) in [6.07, 6.45) is 4.40. The Hall–Kier alpha value is -3.44. The van der Waals surface area contributed by atoms with Crippen molar-refractivity contribution in [3.63, 3.8) is 0 Å². The van der Waals surface area contributed by atoms with Gasteiger partial charge in [-0.2, -0.15) is 9.97 Å². The number of β-amino-alcohol motifs (C(OH)–C–C–N with tert-alkyl or cyclic N) is 1. The van der Waals surface area contributed by atoms with E-state index in [1.54, 1.807) is 6.20 Å². The largest absolute Gasteiger partial charge is 0.420 e. The van der Waals surface area contributed by atoms with Crippen LogP contribution in [-0.2, 0) is 4.79 Å². The molecule has 11 nitrogen and oxygen atoms in total. The first-order valence-electron chi connectivity index (χ1n) is 11.6. The Morgan fingerprint density at radius 1 is 1.24 bits per heavy atom. The van der Waals surface area contributed by atoms with Crippen molar-refractivity contribution in [3.05, 3.63) is 23.4 Å². The summed E-state index contributed by atoms with van der Waals surface area (Å²) in [7, 11) is 0. The summed E-state index contributed by atoms with van der Waals surface area (Å²) in [5.41, 5.74) is 3.03. The molecule has 1 atom stereocenters. The summed E-state index contributed by atoms with van der Waals surface area (Å²) in [6.45, 7) is 4.41. The van der Waals surface area contributed by atoms with Crippen molar-refractivity contribution in [2.24, 2.45) is 0 Å². The summed E-state index contributed by atoms with van der Waals surface area (Å²) < 4.78 is 5.79. The molecule has 3 aromatic heterocycles. The first kappa shape index (κ1) is 21.1. The predicted octanol–water partition coefficient (Wildman–Crippen LogP) is 2.31. The number of nitrogens with one attached hydrogen (secondary N) is 2. The van der Waals surface area contributed by atoms with Gasteiger partial charge in [-0.1, -0.05) is 12.8 Å². The number of anilines is 4. The van der Waals surface area contributed by atoms with E-state index < -0.39 is 6.23 Å². The third-order valence-corrected chi connectivity index (χ3v) is 7.01. The fourth-order valence-corrected chi connectivity index (χ4v) is 5.24. The molecule has 0 spiro atoms. The highest BCUT2D eigenvalue weighted by Crippen LogP contribution is 2.41. The van der Waals surface area contributed by atoms with Crippen LogP contribution >= 0.6 is 0 Å². The van der Waals surface area contributed by atoms with E-state index in [0.717, 1.165) is 36.8 Å². The van der Waals surface area contributed by atoms with E-state index in [9.17, 15) is 15.0 Å². The molecule has 3 aromatic rings. The number of aromatic amines is 1. The molecule has 178 valence electrons. The molecule has 4 N–H and O–H groups in total. The van der Waals surface area contributed by atoms with Crippen molar-refractivity contribution in [2.45, 2.75) is 57.9 Å². The summed E-state index contributed by atoms with van der Waals surface area (Å²) >= 11 is 0. The van der Waals surface area contributed by atoms with Crippen LogP contribution in [0.2, 0.25) is 0 Å². The number of H-pyrrole nitrogens is 1. The number of aliphatic hydroxyl groups is 2. The van der Waals surface area contributed by atoms with E-state index in [-0.39, 0.29) is 17.9 Å². The maximum Gasteiger partial charge on any atom is 0.248 e. The third-order valence-electron chi connectivity index (χ3n) is 7.01. The van der Waals surface area contributed by atoms with Crippen LogP contribution in [-0.4, -0.2) is 67.4 Å². The van der Waals surface area contributed by atoms with E-state index in [1.807, 2.05) is 22.8 Å². The highest BCUT2D eigenvalue weighted by molar-refractivity contribution is 6.04. The van der Waals surface area contributed by atoms with Crippen LogP contribution in [0.25, 0.3) is 16.8 Å². The van der Waals surface area contributed by atoms with Gasteiger partial charge in [0.1, 0.15) is 11.3 Å². The second-order valence-electron chi connectivity index (χ2n) is 9.32. The number of fused-ring (bicyclic) bond motifs is 2. The number of imidazole rings is 1. The Labute approximate surface area is 195 Å². The Bertz CT molecular complexity index is 1270. The van der Waals surface area contributed by atoms with Crippen molar-refractivity contribution < 1.29 is 19.4 Å². The Kier molecular flexibility index (Phi) is 4.85. The zero-order valence-electron chi connectivity index (χ0n) is 19.1. The van der Waals surface area contributed by atoms with Gasteiger partial charge in [0.15, 0.2) is 12.0 Å². The number of furan rings is 1. The van der Waals surface area contributed by atoms with Gasteiger partial charge in [0, 0.05) is 42.5 Å². The second kappa shape index (κ2) is 7.81. The lowest BCUT2D eigenvalue weighted by Gasteiger charge is -2.40. The van der Waals surface area contributed by atoms with Gasteiger partial charge >= 0.3 is 0 Å². The van der Waals surface area contributed by atoms with Crippen LogP contribution in [0, 0.1) is 0 Å². The van der Waals surface area contributed by atoms with Crippen LogP contribution in [0.4, 0.5) is 23.6 Å². The van der Waals surface area contributed by atoms with E-state index in [0.29, 0.717) is 53.5 Å². The molecule has 11 heteroatoms. The Morgan fingerprint density at radius 3 is 2.68 bits per heavy atom. The van der Waals surface area contributed by atoms with Gasteiger partial charge in [-0.25, -0.2) is 4.98 Å². The van der Waals surface area contributed by atoms with Crippen molar-refractivity contribution in [2.75, 3.05) is 28.2 Å². The summed E-state index contributed by atoms with van der Waals surface area (Å²) in [5, 5.41) is 23.7. The molecule has 0 radical (unpaired) electrons. The molecule has 2 fully saturated rings. The van der Waals surface area contributed by atoms with E-state index >= 15 is 0 Å². The minimum Gasteiger partial charge on any atom is -0.420 e. The number of hydrogen-bond acceptors (Lipinski definition) is 10. The van der Waals surface area contributed by atoms with Crippen molar-refractivity contribution >= 4 is 46.2 Å². The third kappa shape index (κ3) is 3.34. The topological polar surface area (TPSA) is 144 Å². The fourth-order valence-electron chi connectivity index (χ4n) is 5.24. The fraction of sp³-hybridized carbons (Fsp3) is 0.478. The lowest BCUT2D eigenvalue weighted by molar-refractivity contribution is -0.114. The molecule has 0 amide bonds. The minimum absolute atomic E-state index is 0.114. The van der Waals surface area contributed by atoms with Crippen LogP contribution in [0.3, 0.4) is 0 Å². The zero-order chi connectivity index (χ0) is 23.6. The number of aliphatic hydroxyl groups excluding tert-OH is 2. The highest BCUT2D eigenvalue weighted by atomic mass is 16.4. The quantitative estimate of drug-likeness (QED) is 0.443. The zero-order valence-corrected chi connectivity index (χ0v) is 19.1. The maximum absolute atomic E-state index is 12.3. The highest BCUT2D eigenvalue weighted by Gasteiger charge is 2.38. The molecule has 1 aliphatic carbocycles. The average Bonchev–Trinajstić information content (AvgIpc) is 3.48. The van der Waals surface area contributed by atoms with Crippen molar-refractivity contribution in [1.82, 2.24) is 19.9 Å². The molecule has 3 aliphatic rings. The number of allylic oxidation sites excluding steroid dienone is 1. The van der Waals surface area contributed by atoms with Gasteiger partial charge in [0.2, 0.25) is 23.5 Å². The second-order valence-corrected chi connectivity index (χ2v) is 9.32. The summed E-state index contributed by atoms with van der Waals surface area (Å²) in [4.78, 5) is 32.9. The van der Waals surface area contributed by atoms with Gasteiger partial charge in [-0.3, -0.25) is 10.1 Å². The van der Waals surface area contributed by atoms with E-state index in [1.165, 1.54) is 6.92 Å². The van der Waals surface area contributed by atoms with Crippen molar-refractivity contribution in [3.8, 4) is 0 Å². The maximum atomic E-state index is 12.3. The van der Waals surface area contributed by atoms with Crippen LogP contribution < -0.4 is 15.1 Å². The number of hydrogen-bond donors (Lipinski definition) is 4. The summed E-state index contributed by atoms with van der Waals surface area (Å²) in [5.74, 6) is 1.90. The molecule has 1 saturated heterocycles. The number of Topliss-reactive ketones (excluding diaryl/α,β-unsaturated/α-hetero) is 1. The minimum atomic E-state index is -1.03. The number of carbonyl (C=O) groups is 1. The molecule has 1 saturated carbocycles. The normalized spacial score (nSPS) is 21.4. The Balaban J connectivity index is 1.31. The van der Waals surface area contributed by atoms with Gasteiger partial charge < -0.3 is 29.4 Å². The Morgan fingerprint density at radius 2 is 2.00 bits per heavy atom. The van der Waals surface area contributed by atoms with Crippen LogP contribution in [0.1, 0.15) is 45.1 Å². The van der Waals surface area contributed by atoms with Gasteiger partial charge in [0.05, 0.1) is 6.10 Å².